The zero-order chi connectivity index (χ0) is 14.7. The summed E-state index contributed by atoms with van der Waals surface area (Å²) in [6.45, 7) is 0. The molecule has 3 N–H and O–H groups in total. The van der Waals surface area contributed by atoms with Crippen LogP contribution < -0.4 is 11.1 Å². The van der Waals surface area contributed by atoms with Gasteiger partial charge in [-0.05, 0) is 18.2 Å². The number of nitrogen functional groups attached to an aromatic ring is 1. The Balaban J connectivity index is 2.27. The fraction of sp³-hybridized carbons (Fsp3) is 0. The molecule has 0 aliphatic carbocycles. The van der Waals surface area contributed by atoms with Gasteiger partial charge in [0.1, 0.15) is 11.5 Å². The van der Waals surface area contributed by atoms with Gasteiger partial charge in [0, 0.05) is 12.1 Å². The second-order valence-electron chi connectivity index (χ2n) is 3.82. The smallest absolute Gasteiger partial charge is 0.274 e. The maximum Gasteiger partial charge on any atom is 0.274 e. The van der Waals surface area contributed by atoms with E-state index in [1.165, 1.54) is 30.3 Å². The van der Waals surface area contributed by atoms with Gasteiger partial charge in [-0.15, -0.1) is 0 Å². The second kappa shape index (κ2) is 5.54. The summed E-state index contributed by atoms with van der Waals surface area (Å²) in [6, 6.07) is 8.34. The van der Waals surface area contributed by atoms with E-state index in [4.69, 9.17) is 17.3 Å². The maximum absolute atomic E-state index is 11.9. The van der Waals surface area contributed by atoms with Gasteiger partial charge >= 0.3 is 0 Å². The molecule has 0 saturated carbocycles. The van der Waals surface area contributed by atoms with Gasteiger partial charge in [0.25, 0.3) is 11.6 Å². The molecular formula is C12H9ClN4O3. The van der Waals surface area contributed by atoms with E-state index in [0.717, 1.165) is 0 Å². The van der Waals surface area contributed by atoms with Crippen LogP contribution in [0.2, 0.25) is 5.02 Å². The lowest BCUT2D eigenvalue weighted by atomic mass is 10.2. The molecular weight excluding hydrogens is 284 g/mol. The minimum atomic E-state index is -0.579. The lowest BCUT2D eigenvalue weighted by Crippen LogP contribution is -2.14. The first kappa shape index (κ1) is 13.8. The summed E-state index contributed by atoms with van der Waals surface area (Å²) in [4.78, 5) is 25.9. The summed E-state index contributed by atoms with van der Waals surface area (Å²) >= 11 is 5.88. The topological polar surface area (TPSA) is 111 Å². The third-order valence-corrected chi connectivity index (χ3v) is 2.74. The standard InChI is InChI=1S/C12H9ClN4O3/c13-8-5-4-7(17(19)20)6-10(8)16-12(18)9-2-1-3-11(14)15-9/h1-6H,(H2,14,15)(H,16,18). The molecule has 1 amide bonds. The molecule has 0 bridgehead atoms. The Labute approximate surface area is 118 Å². The molecule has 1 heterocycles. The van der Waals surface area contributed by atoms with Crippen LogP contribution >= 0.6 is 11.6 Å². The van der Waals surface area contributed by atoms with Crippen molar-refractivity contribution in [1.29, 1.82) is 0 Å². The number of nitrogens with one attached hydrogen (secondary N) is 1. The molecule has 0 spiro atoms. The Morgan fingerprint density at radius 2 is 2.10 bits per heavy atom. The van der Waals surface area contributed by atoms with Crippen molar-refractivity contribution < 1.29 is 9.72 Å². The van der Waals surface area contributed by atoms with Crippen molar-refractivity contribution in [3.05, 3.63) is 57.2 Å². The lowest BCUT2D eigenvalue weighted by molar-refractivity contribution is -0.384. The molecule has 0 saturated heterocycles. The van der Waals surface area contributed by atoms with Crippen LogP contribution in [0, 0.1) is 10.1 Å². The summed E-state index contributed by atoms with van der Waals surface area (Å²) in [5, 5.41) is 13.3. The van der Waals surface area contributed by atoms with E-state index in [1.807, 2.05) is 0 Å². The van der Waals surface area contributed by atoms with E-state index < -0.39 is 10.8 Å². The lowest BCUT2D eigenvalue weighted by Gasteiger charge is -2.07. The van der Waals surface area contributed by atoms with Crippen molar-refractivity contribution in [2.24, 2.45) is 0 Å². The van der Waals surface area contributed by atoms with Crippen LogP contribution in [-0.2, 0) is 0 Å². The number of aromatic nitrogens is 1. The van der Waals surface area contributed by atoms with Crippen molar-refractivity contribution in [2.45, 2.75) is 0 Å². The van der Waals surface area contributed by atoms with Crippen LogP contribution in [-0.4, -0.2) is 15.8 Å². The minimum absolute atomic E-state index is 0.0903. The number of non-ortho nitro benzene ring substituents is 1. The number of anilines is 2. The van der Waals surface area contributed by atoms with E-state index in [1.54, 1.807) is 6.07 Å². The van der Waals surface area contributed by atoms with Crippen molar-refractivity contribution in [1.82, 2.24) is 4.98 Å². The number of hydrogen-bond donors (Lipinski definition) is 2. The van der Waals surface area contributed by atoms with Crippen molar-refractivity contribution in [3.8, 4) is 0 Å². The number of carbonyl (C=O) groups is 1. The predicted octanol–water partition coefficient (Wildman–Crippen LogP) is 2.48. The molecule has 102 valence electrons. The molecule has 1 aromatic heterocycles. The highest BCUT2D eigenvalue weighted by atomic mass is 35.5. The van der Waals surface area contributed by atoms with E-state index in [0.29, 0.717) is 0 Å². The van der Waals surface area contributed by atoms with Crippen molar-refractivity contribution in [3.63, 3.8) is 0 Å². The number of hydrogen-bond acceptors (Lipinski definition) is 5. The number of nitro benzene ring substituents is 1. The predicted molar refractivity (Wildman–Crippen MR) is 74.7 cm³/mol. The highest BCUT2D eigenvalue weighted by Gasteiger charge is 2.14. The van der Waals surface area contributed by atoms with Gasteiger partial charge in [0.15, 0.2) is 0 Å². The van der Waals surface area contributed by atoms with E-state index in [2.05, 4.69) is 10.3 Å². The third-order valence-electron chi connectivity index (χ3n) is 2.41. The number of nitrogens with zero attached hydrogens (tertiary/aromatic N) is 2. The van der Waals surface area contributed by atoms with Gasteiger partial charge in [-0.3, -0.25) is 14.9 Å². The Morgan fingerprint density at radius 1 is 1.35 bits per heavy atom. The first-order valence-electron chi connectivity index (χ1n) is 5.45. The summed E-state index contributed by atoms with van der Waals surface area (Å²) in [5.74, 6) is -0.359. The maximum atomic E-state index is 11.9. The zero-order valence-electron chi connectivity index (χ0n) is 10.0. The Hall–Kier alpha value is -2.67. The summed E-state index contributed by atoms with van der Waals surface area (Å²) in [7, 11) is 0. The molecule has 8 heteroatoms. The van der Waals surface area contributed by atoms with Gasteiger partial charge < -0.3 is 11.1 Å². The third kappa shape index (κ3) is 3.01. The molecule has 0 atom stereocenters. The van der Waals surface area contributed by atoms with Crippen LogP contribution in [0.5, 0.6) is 0 Å². The van der Waals surface area contributed by atoms with Crippen molar-refractivity contribution >= 4 is 34.7 Å². The van der Waals surface area contributed by atoms with Gasteiger partial charge in [-0.2, -0.15) is 0 Å². The molecule has 0 unspecified atom stereocenters. The number of nitro groups is 1. The van der Waals surface area contributed by atoms with Gasteiger partial charge in [-0.1, -0.05) is 17.7 Å². The molecule has 2 rings (SSSR count). The number of pyridine rings is 1. The number of amides is 1. The quantitative estimate of drug-likeness (QED) is 0.667. The Bertz CT molecular complexity index is 690. The first-order valence-corrected chi connectivity index (χ1v) is 5.83. The number of nitrogens with two attached hydrogens (primary N) is 1. The van der Waals surface area contributed by atoms with Gasteiger partial charge in [0.05, 0.1) is 15.6 Å². The van der Waals surface area contributed by atoms with Gasteiger partial charge in [0.2, 0.25) is 0 Å². The van der Waals surface area contributed by atoms with Crippen molar-refractivity contribution in [2.75, 3.05) is 11.1 Å². The molecule has 1 aromatic carbocycles. The van der Waals surface area contributed by atoms with Crippen LogP contribution in [0.15, 0.2) is 36.4 Å². The SMILES string of the molecule is Nc1cccc(C(=O)Nc2cc([N+](=O)[O-])ccc2Cl)n1. The van der Waals surface area contributed by atoms with E-state index in [-0.39, 0.29) is 27.9 Å². The first-order chi connectivity index (χ1) is 9.47. The van der Waals surface area contributed by atoms with E-state index in [9.17, 15) is 14.9 Å². The minimum Gasteiger partial charge on any atom is -0.384 e. The number of benzene rings is 1. The average Bonchev–Trinajstić information content (AvgIpc) is 2.41. The van der Waals surface area contributed by atoms with Gasteiger partial charge in [-0.25, -0.2) is 4.98 Å². The summed E-state index contributed by atoms with van der Waals surface area (Å²) in [5.41, 5.74) is 5.53. The largest absolute Gasteiger partial charge is 0.384 e. The molecule has 2 aromatic rings. The molecule has 0 fully saturated rings. The molecule has 0 radical (unpaired) electrons. The van der Waals surface area contributed by atoms with Crippen LogP contribution in [0.3, 0.4) is 0 Å². The second-order valence-corrected chi connectivity index (χ2v) is 4.23. The van der Waals surface area contributed by atoms with Crippen LogP contribution in [0.4, 0.5) is 17.2 Å². The molecule has 20 heavy (non-hydrogen) atoms. The highest BCUT2D eigenvalue weighted by Crippen LogP contribution is 2.27. The Kier molecular flexibility index (Phi) is 3.81. The zero-order valence-corrected chi connectivity index (χ0v) is 10.8. The summed E-state index contributed by atoms with van der Waals surface area (Å²) in [6.07, 6.45) is 0. The number of carbonyl (C=O) groups excluding carboxylic acids is 1. The van der Waals surface area contributed by atoms with Crippen LogP contribution in [0.25, 0.3) is 0 Å². The fourth-order valence-corrected chi connectivity index (χ4v) is 1.65. The van der Waals surface area contributed by atoms with E-state index >= 15 is 0 Å². The average molecular weight is 293 g/mol. The van der Waals surface area contributed by atoms with Crippen LogP contribution in [0.1, 0.15) is 10.5 Å². The normalized spacial score (nSPS) is 10.1. The molecule has 0 aliphatic rings. The monoisotopic (exact) mass is 292 g/mol. The highest BCUT2D eigenvalue weighted by molar-refractivity contribution is 6.34. The number of halogens is 1. The molecule has 7 nitrogen and oxygen atoms in total. The summed E-state index contributed by atoms with van der Waals surface area (Å²) < 4.78 is 0. The Morgan fingerprint density at radius 3 is 2.75 bits per heavy atom. The fourth-order valence-electron chi connectivity index (χ4n) is 1.49. The molecule has 0 aliphatic heterocycles. The number of rotatable bonds is 3.